The van der Waals surface area contributed by atoms with E-state index in [0.717, 1.165) is 18.7 Å². The minimum atomic E-state index is -0.347. The molecule has 1 atom stereocenters. The third kappa shape index (κ3) is 2.88. The van der Waals surface area contributed by atoms with E-state index in [0.29, 0.717) is 12.3 Å². The van der Waals surface area contributed by atoms with Crippen molar-refractivity contribution in [2.24, 2.45) is 5.41 Å². The summed E-state index contributed by atoms with van der Waals surface area (Å²) in [5.74, 6) is 0.473. The second kappa shape index (κ2) is 5.21. The van der Waals surface area contributed by atoms with E-state index in [4.69, 9.17) is 4.74 Å². The molecular weight excluding hydrogens is 228 g/mol. The maximum atomic E-state index is 11.5. The molecule has 0 spiro atoms. The molecule has 0 saturated heterocycles. The first-order chi connectivity index (χ1) is 8.63. The van der Waals surface area contributed by atoms with Gasteiger partial charge in [-0.15, -0.1) is 0 Å². The van der Waals surface area contributed by atoms with Crippen LogP contribution in [-0.2, 0) is 11.2 Å². The molecule has 0 aromatic carbocycles. The molecule has 0 aliphatic heterocycles. The van der Waals surface area contributed by atoms with Gasteiger partial charge in [-0.05, 0) is 18.8 Å². The minimum Gasteiger partial charge on any atom is -0.461 e. The lowest BCUT2D eigenvalue weighted by Gasteiger charge is -2.25. The van der Waals surface area contributed by atoms with Crippen LogP contribution >= 0.6 is 0 Å². The number of aromatic amines is 1. The van der Waals surface area contributed by atoms with Gasteiger partial charge in [-0.25, -0.2) is 9.78 Å². The molecule has 0 amide bonds. The number of allylic oxidation sites excluding steroid dienone is 4. The van der Waals surface area contributed by atoms with Crippen LogP contribution in [0, 0.1) is 5.41 Å². The molecule has 2 rings (SSSR count). The lowest BCUT2D eigenvalue weighted by Crippen LogP contribution is -2.18. The molecule has 0 bridgehead atoms. The fourth-order valence-corrected chi connectivity index (χ4v) is 2.05. The first-order valence-electron chi connectivity index (χ1n) is 6.18. The number of esters is 1. The Morgan fingerprint density at radius 3 is 3.06 bits per heavy atom. The van der Waals surface area contributed by atoms with Crippen molar-refractivity contribution >= 4 is 5.97 Å². The normalized spacial score (nSPS) is 22.1. The van der Waals surface area contributed by atoms with Crippen LogP contribution in [0.2, 0.25) is 0 Å². The van der Waals surface area contributed by atoms with Crippen molar-refractivity contribution in [1.29, 1.82) is 0 Å². The van der Waals surface area contributed by atoms with E-state index in [1.54, 1.807) is 13.1 Å². The summed E-state index contributed by atoms with van der Waals surface area (Å²) in [6.07, 6.45) is 11.7. The number of imidazole rings is 1. The highest BCUT2D eigenvalue weighted by Crippen LogP contribution is 2.30. The quantitative estimate of drug-likeness (QED) is 0.831. The molecule has 1 aliphatic rings. The fourth-order valence-electron chi connectivity index (χ4n) is 2.05. The molecule has 1 N–H and O–H groups in total. The second-order valence-corrected chi connectivity index (χ2v) is 4.79. The summed E-state index contributed by atoms with van der Waals surface area (Å²) < 4.78 is 4.92. The molecule has 1 heterocycles. The van der Waals surface area contributed by atoms with Crippen LogP contribution in [0.3, 0.4) is 0 Å². The minimum absolute atomic E-state index is 0.0680. The third-order valence-corrected chi connectivity index (χ3v) is 3.03. The van der Waals surface area contributed by atoms with Crippen LogP contribution < -0.4 is 0 Å². The highest BCUT2D eigenvalue weighted by molar-refractivity contribution is 5.86. The average molecular weight is 246 g/mol. The highest BCUT2D eigenvalue weighted by atomic mass is 16.5. The summed E-state index contributed by atoms with van der Waals surface area (Å²) >= 11 is 0. The van der Waals surface area contributed by atoms with Crippen LogP contribution in [0.1, 0.15) is 36.6 Å². The average Bonchev–Trinajstić information content (AvgIpc) is 2.78. The predicted molar refractivity (Wildman–Crippen MR) is 69.3 cm³/mol. The molecule has 4 nitrogen and oxygen atoms in total. The number of nitrogens with zero attached hydrogens (tertiary/aromatic N) is 1. The van der Waals surface area contributed by atoms with E-state index in [1.165, 1.54) is 0 Å². The van der Waals surface area contributed by atoms with Gasteiger partial charge in [0.15, 0.2) is 0 Å². The molecule has 0 saturated carbocycles. The number of rotatable bonds is 4. The third-order valence-electron chi connectivity index (χ3n) is 3.03. The zero-order valence-electron chi connectivity index (χ0n) is 10.8. The Bertz CT molecular complexity index is 488. The van der Waals surface area contributed by atoms with Gasteiger partial charge in [-0.3, -0.25) is 0 Å². The van der Waals surface area contributed by atoms with Gasteiger partial charge in [-0.2, -0.15) is 0 Å². The first kappa shape index (κ1) is 12.6. The monoisotopic (exact) mass is 246 g/mol. The molecule has 1 unspecified atom stereocenters. The molecule has 4 heteroatoms. The lowest BCUT2D eigenvalue weighted by atomic mass is 9.80. The molecule has 1 aromatic heterocycles. The summed E-state index contributed by atoms with van der Waals surface area (Å²) in [6.45, 7) is 4.34. The van der Waals surface area contributed by atoms with E-state index in [-0.39, 0.29) is 11.4 Å². The molecule has 18 heavy (non-hydrogen) atoms. The lowest BCUT2D eigenvalue weighted by molar-refractivity contribution is 0.0520. The van der Waals surface area contributed by atoms with Gasteiger partial charge in [-0.1, -0.05) is 31.2 Å². The second-order valence-electron chi connectivity index (χ2n) is 4.79. The van der Waals surface area contributed by atoms with Gasteiger partial charge in [0.1, 0.15) is 11.5 Å². The van der Waals surface area contributed by atoms with E-state index in [1.807, 2.05) is 6.08 Å². The SMILES string of the molecule is CCOC(=O)c1cnc(CC2(C)C=CC=CC2)[nH]1. The van der Waals surface area contributed by atoms with Crippen molar-refractivity contribution in [3.05, 3.63) is 42.0 Å². The van der Waals surface area contributed by atoms with Crippen LogP contribution in [0.4, 0.5) is 0 Å². The largest absolute Gasteiger partial charge is 0.461 e. The maximum Gasteiger partial charge on any atom is 0.356 e. The Labute approximate surface area is 107 Å². The van der Waals surface area contributed by atoms with Crippen molar-refractivity contribution < 1.29 is 9.53 Å². The highest BCUT2D eigenvalue weighted by Gasteiger charge is 2.23. The standard InChI is InChI=1S/C14H18N2O2/c1-3-18-13(17)11-10-15-12(16-11)9-14(2)7-5-4-6-8-14/h4-7,10H,3,8-9H2,1-2H3,(H,15,16). The van der Waals surface area contributed by atoms with Crippen LogP contribution in [-0.4, -0.2) is 22.5 Å². The topological polar surface area (TPSA) is 55.0 Å². The molecular formula is C14H18N2O2. The van der Waals surface area contributed by atoms with Gasteiger partial charge < -0.3 is 9.72 Å². The van der Waals surface area contributed by atoms with E-state index >= 15 is 0 Å². The van der Waals surface area contributed by atoms with Crippen molar-refractivity contribution in [3.63, 3.8) is 0 Å². The summed E-state index contributed by atoms with van der Waals surface area (Å²) in [7, 11) is 0. The summed E-state index contributed by atoms with van der Waals surface area (Å²) in [5, 5.41) is 0. The zero-order chi connectivity index (χ0) is 13.0. The first-order valence-corrected chi connectivity index (χ1v) is 6.18. The van der Waals surface area contributed by atoms with E-state index in [2.05, 4.69) is 35.1 Å². The number of hydrogen-bond donors (Lipinski definition) is 1. The fraction of sp³-hybridized carbons (Fsp3) is 0.429. The van der Waals surface area contributed by atoms with Gasteiger partial charge in [0.25, 0.3) is 0 Å². The van der Waals surface area contributed by atoms with Crippen molar-refractivity contribution in [2.45, 2.75) is 26.7 Å². The Balaban J connectivity index is 2.05. The van der Waals surface area contributed by atoms with Crippen molar-refractivity contribution in [3.8, 4) is 0 Å². The molecule has 1 aromatic rings. The molecule has 1 aliphatic carbocycles. The number of ether oxygens (including phenoxy) is 1. The van der Waals surface area contributed by atoms with Gasteiger partial charge in [0, 0.05) is 6.42 Å². The summed E-state index contributed by atoms with van der Waals surface area (Å²) in [4.78, 5) is 18.8. The Kier molecular flexibility index (Phi) is 3.65. The van der Waals surface area contributed by atoms with E-state index in [9.17, 15) is 4.79 Å². The van der Waals surface area contributed by atoms with Gasteiger partial charge >= 0.3 is 5.97 Å². The molecule has 0 radical (unpaired) electrons. The molecule has 96 valence electrons. The molecule has 0 fully saturated rings. The number of carbonyl (C=O) groups is 1. The van der Waals surface area contributed by atoms with Gasteiger partial charge in [0.2, 0.25) is 0 Å². The van der Waals surface area contributed by atoms with Gasteiger partial charge in [0.05, 0.1) is 12.8 Å². The predicted octanol–water partition coefficient (Wildman–Crippen LogP) is 2.65. The number of H-pyrrole nitrogens is 1. The number of carbonyl (C=O) groups excluding carboxylic acids is 1. The Morgan fingerprint density at radius 2 is 2.39 bits per heavy atom. The number of nitrogens with one attached hydrogen (secondary N) is 1. The zero-order valence-corrected chi connectivity index (χ0v) is 10.8. The van der Waals surface area contributed by atoms with E-state index < -0.39 is 0 Å². The Morgan fingerprint density at radius 1 is 1.56 bits per heavy atom. The summed E-state index contributed by atoms with van der Waals surface area (Å²) in [5.41, 5.74) is 0.490. The van der Waals surface area contributed by atoms with Crippen molar-refractivity contribution in [1.82, 2.24) is 9.97 Å². The van der Waals surface area contributed by atoms with Crippen LogP contribution in [0.15, 0.2) is 30.5 Å². The van der Waals surface area contributed by atoms with Crippen LogP contribution in [0.25, 0.3) is 0 Å². The smallest absolute Gasteiger partial charge is 0.356 e. The number of aromatic nitrogens is 2. The maximum absolute atomic E-state index is 11.5. The van der Waals surface area contributed by atoms with Crippen LogP contribution in [0.5, 0.6) is 0 Å². The van der Waals surface area contributed by atoms with Crippen molar-refractivity contribution in [2.75, 3.05) is 6.61 Å². The Hall–Kier alpha value is -1.84. The summed E-state index contributed by atoms with van der Waals surface area (Å²) in [6, 6.07) is 0. The number of hydrogen-bond acceptors (Lipinski definition) is 3.